The topological polar surface area (TPSA) is 104 Å². The van der Waals surface area contributed by atoms with E-state index in [9.17, 15) is 22.8 Å². The van der Waals surface area contributed by atoms with Crippen molar-refractivity contribution < 1.29 is 32.2 Å². The maximum atomic E-state index is 14.1. The third kappa shape index (κ3) is 7.09. The zero-order valence-electron chi connectivity index (χ0n) is 25.5. The number of halogens is 4. The average Bonchev–Trinajstić information content (AvgIpc) is 3.55. The van der Waals surface area contributed by atoms with Crippen LogP contribution in [-0.4, -0.2) is 74.4 Å². The Morgan fingerprint density at radius 2 is 1.96 bits per heavy atom. The van der Waals surface area contributed by atoms with Gasteiger partial charge < -0.3 is 19.7 Å². The lowest BCUT2D eigenvalue weighted by Gasteiger charge is -2.43. The lowest BCUT2D eigenvalue weighted by atomic mass is 9.84. The molecule has 3 unspecified atom stereocenters. The first kappa shape index (κ1) is 32.3. The Bertz CT molecular complexity index is 1680. The standard InChI is InChI=1S/C31H34ClF3N6O4/c1-18-10-25-19(15-40(4)38-25)11-24(18)36-29(43)26(13-21-8-9-39(3)37-21)41-16-30(2,44-5)23(14-28(41)42)22-12-20(32)6-7-27(22)45-17-31(33,34)35/h6-9,11-12,14-15,18,26H,10,13,16-17H2,1-5H3,(H,36,43). The highest BCUT2D eigenvalue weighted by molar-refractivity contribution is 6.30. The molecule has 240 valence electrons. The summed E-state index contributed by atoms with van der Waals surface area (Å²) >= 11 is 6.24. The van der Waals surface area contributed by atoms with Gasteiger partial charge in [0, 0.05) is 85.9 Å². The first-order valence-corrected chi connectivity index (χ1v) is 14.6. The van der Waals surface area contributed by atoms with E-state index in [0.717, 1.165) is 11.3 Å². The van der Waals surface area contributed by atoms with Gasteiger partial charge in [0.25, 0.3) is 0 Å². The fourth-order valence-electron chi connectivity index (χ4n) is 5.69. The SMILES string of the molecule is COC1(C)CN(C(Cc2ccn(C)n2)C(=O)NC2=Cc3cn(C)nc3CC2C)C(=O)C=C1c1cc(Cl)ccc1OCC(F)(F)F. The molecule has 2 aromatic heterocycles. The van der Waals surface area contributed by atoms with Crippen LogP contribution in [0.2, 0.25) is 5.02 Å². The van der Waals surface area contributed by atoms with E-state index in [2.05, 4.69) is 15.5 Å². The predicted molar refractivity (Wildman–Crippen MR) is 161 cm³/mol. The smallest absolute Gasteiger partial charge is 0.422 e. The van der Waals surface area contributed by atoms with Crippen molar-refractivity contribution in [2.24, 2.45) is 20.0 Å². The lowest BCUT2D eigenvalue weighted by Crippen LogP contribution is -2.58. The maximum absolute atomic E-state index is 14.1. The zero-order valence-corrected chi connectivity index (χ0v) is 26.2. The van der Waals surface area contributed by atoms with Crippen LogP contribution in [0.5, 0.6) is 5.75 Å². The second kappa shape index (κ2) is 12.4. The molecule has 0 radical (unpaired) electrons. The molecule has 3 atom stereocenters. The second-order valence-electron chi connectivity index (χ2n) is 11.6. The Kier molecular flexibility index (Phi) is 8.87. The summed E-state index contributed by atoms with van der Waals surface area (Å²) in [5.74, 6) is -1.08. The number of allylic oxidation sites excluding steroid dienone is 1. The summed E-state index contributed by atoms with van der Waals surface area (Å²) in [6, 6.07) is 4.93. The summed E-state index contributed by atoms with van der Waals surface area (Å²) < 4.78 is 53.4. The van der Waals surface area contributed by atoms with Crippen molar-refractivity contribution in [2.45, 2.75) is 44.5 Å². The third-order valence-corrected chi connectivity index (χ3v) is 8.30. The molecule has 10 nitrogen and oxygen atoms in total. The van der Waals surface area contributed by atoms with E-state index in [4.69, 9.17) is 21.1 Å². The quantitative estimate of drug-likeness (QED) is 0.371. The largest absolute Gasteiger partial charge is 0.483 e. The Hall–Kier alpha value is -4.10. The molecule has 14 heteroatoms. The number of aryl methyl sites for hydroxylation is 2. The summed E-state index contributed by atoms with van der Waals surface area (Å²) in [7, 11) is 5.02. The van der Waals surface area contributed by atoms with E-state index in [-0.39, 0.29) is 40.8 Å². The number of methoxy groups -OCH3 is 1. The Balaban J connectivity index is 1.50. The molecule has 0 saturated carbocycles. The fourth-order valence-corrected chi connectivity index (χ4v) is 5.86. The van der Waals surface area contributed by atoms with E-state index in [0.29, 0.717) is 17.8 Å². The van der Waals surface area contributed by atoms with Crippen LogP contribution in [0.15, 0.2) is 48.4 Å². The highest BCUT2D eigenvalue weighted by Crippen LogP contribution is 2.41. The van der Waals surface area contributed by atoms with Gasteiger partial charge in [-0.05, 0) is 37.3 Å². The molecule has 0 bridgehead atoms. The van der Waals surface area contributed by atoms with Crippen LogP contribution in [0.4, 0.5) is 13.2 Å². The van der Waals surface area contributed by atoms with E-state index in [1.165, 1.54) is 36.3 Å². The molecule has 1 aliphatic heterocycles. The number of carbonyl (C=O) groups is 2. The van der Waals surface area contributed by atoms with Gasteiger partial charge in [-0.15, -0.1) is 0 Å². The van der Waals surface area contributed by atoms with Crippen LogP contribution in [0.1, 0.15) is 36.4 Å². The van der Waals surface area contributed by atoms with Gasteiger partial charge in [-0.2, -0.15) is 23.4 Å². The third-order valence-electron chi connectivity index (χ3n) is 8.06. The molecule has 1 aromatic carbocycles. The number of rotatable bonds is 9. The predicted octanol–water partition coefficient (Wildman–Crippen LogP) is 4.34. The number of aromatic nitrogens is 4. The molecule has 3 aromatic rings. The summed E-state index contributed by atoms with van der Waals surface area (Å²) in [6.45, 7) is 2.06. The number of amides is 2. The summed E-state index contributed by atoms with van der Waals surface area (Å²) in [5, 5.41) is 12.2. The van der Waals surface area contributed by atoms with Gasteiger partial charge in [0.15, 0.2) is 6.61 Å². The van der Waals surface area contributed by atoms with Crippen molar-refractivity contribution in [1.29, 1.82) is 0 Å². The van der Waals surface area contributed by atoms with Gasteiger partial charge in [-0.25, -0.2) is 0 Å². The number of nitrogens with zero attached hydrogens (tertiary/aromatic N) is 5. The number of fused-ring (bicyclic) bond motifs is 1. The Labute approximate surface area is 263 Å². The maximum Gasteiger partial charge on any atom is 0.422 e. The molecule has 1 aliphatic carbocycles. The van der Waals surface area contributed by atoms with Crippen LogP contribution in [0, 0.1) is 5.92 Å². The first-order valence-electron chi connectivity index (χ1n) is 14.3. The molecule has 3 heterocycles. The minimum absolute atomic E-state index is 0.0300. The number of hydrogen-bond acceptors (Lipinski definition) is 6. The lowest BCUT2D eigenvalue weighted by molar-refractivity contribution is -0.153. The number of ether oxygens (including phenoxy) is 2. The van der Waals surface area contributed by atoms with Gasteiger partial charge in [0.2, 0.25) is 11.8 Å². The van der Waals surface area contributed by atoms with Crippen LogP contribution in [-0.2, 0) is 41.3 Å². The molecule has 2 aliphatic rings. The summed E-state index contributed by atoms with van der Waals surface area (Å²) in [6.07, 6.45) is 2.96. The average molecular weight is 647 g/mol. The van der Waals surface area contributed by atoms with E-state index in [1.807, 2.05) is 26.2 Å². The summed E-state index contributed by atoms with van der Waals surface area (Å²) in [5.41, 5.74) is 2.35. The van der Waals surface area contributed by atoms with Gasteiger partial charge in [0.1, 0.15) is 17.4 Å². The highest BCUT2D eigenvalue weighted by atomic mass is 35.5. The molecular weight excluding hydrogens is 613 g/mol. The van der Waals surface area contributed by atoms with Crippen molar-refractivity contribution in [3.8, 4) is 5.75 Å². The number of hydrogen-bond donors (Lipinski definition) is 1. The summed E-state index contributed by atoms with van der Waals surface area (Å²) in [4.78, 5) is 29.3. The van der Waals surface area contributed by atoms with Crippen LogP contribution in [0.3, 0.4) is 0 Å². The van der Waals surface area contributed by atoms with Gasteiger partial charge in [-0.1, -0.05) is 18.5 Å². The molecule has 0 saturated heterocycles. The Morgan fingerprint density at radius 3 is 2.62 bits per heavy atom. The normalized spacial score (nSPS) is 20.8. The fraction of sp³-hybridized carbons (Fsp3) is 0.419. The molecule has 0 fully saturated rings. The minimum atomic E-state index is -4.58. The van der Waals surface area contributed by atoms with Crippen molar-refractivity contribution in [2.75, 3.05) is 20.3 Å². The first-order chi connectivity index (χ1) is 21.2. The molecule has 1 N–H and O–H groups in total. The van der Waals surface area contributed by atoms with Crippen molar-refractivity contribution in [1.82, 2.24) is 29.8 Å². The van der Waals surface area contributed by atoms with E-state index < -0.39 is 36.2 Å². The molecule has 0 spiro atoms. The Morgan fingerprint density at radius 1 is 1.20 bits per heavy atom. The van der Waals surface area contributed by atoms with Crippen molar-refractivity contribution >= 4 is 35.1 Å². The molecular formula is C31H34ClF3N6O4. The van der Waals surface area contributed by atoms with Gasteiger partial charge in [-0.3, -0.25) is 19.0 Å². The van der Waals surface area contributed by atoms with Crippen molar-refractivity contribution in [3.05, 3.63) is 76.0 Å². The molecule has 2 amide bonds. The van der Waals surface area contributed by atoms with Crippen LogP contribution in [0.25, 0.3) is 11.6 Å². The number of nitrogens with one attached hydrogen (secondary N) is 1. The van der Waals surface area contributed by atoms with Gasteiger partial charge >= 0.3 is 6.18 Å². The van der Waals surface area contributed by atoms with Crippen molar-refractivity contribution in [3.63, 3.8) is 0 Å². The monoisotopic (exact) mass is 646 g/mol. The zero-order chi connectivity index (χ0) is 32.7. The number of benzene rings is 1. The highest BCUT2D eigenvalue weighted by Gasteiger charge is 2.44. The molecule has 5 rings (SSSR count). The minimum Gasteiger partial charge on any atom is -0.483 e. The number of carbonyl (C=O) groups excluding carboxylic acids is 2. The molecule has 45 heavy (non-hydrogen) atoms. The van der Waals surface area contributed by atoms with Gasteiger partial charge in [0.05, 0.1) is 17.9 Å². The number of alkyl halides is 3. The second-order valence-corrected chi connectivity index (χ2v) is 12.0. The van der Waals surface area contributed by atoms with Crippen LogP contribution < -0.4 is 10.1 Å². The van der Waals surface area contributed by atoms with E-state index in [1.54, 1.807) is 35.6 Å². The van der Waals surface area contributed by atoms with E-state index >= 15 is 0 Å². The van der Waals surface area contributed by atoms with Crippen LogP contribution >= 0.6 is 11.6 Å².